The maximum atomic E-state index is 12.3. The first-order valence-electron chi connectivity index (χ1n) is 5.63. The molecule has 0 saturated heterocycles. The fourth-order valence-electron chi connectivity index (χ4n) is 1.88. The monoisotopic (exact) mass is 274 g/mol. The van der Waals surface area contributed by atoms with Crippen molar-refractivity contribution >= 4 is 28.2 Å². The summed E-state index contributed by atoms with van der Waals surface area (Å²) in [6.45, 7) is 0. The number of carbonyl (C=O) groups is 2. The highest BCUT2D eigenvalue weighted by atomic mass is 32.2. The van der Waals surface area contributed by atoms with Gasteiger partial charge in [-0.3, -0.25) is 0 Å². The van der Waals surface area contributed by atoms with Gasteiger partial charge in [-0.1, -0.05) is 0 Å². The Hall–Kier alpha value is -1.28. The van der Waals surface area contributed by atoms with Crippen molar-refractivity contribution in [3.05, 3.63) is 0 Å². The normalized spacial score (nSPS) is 25.7. The topological polar surface area (TPSA) is 77.8 Å². The molecular weight excluding hydrogens is 258 g/mol. The molecule has 0 aromatic carbocycles. The fourth-order valence-corrected chi connectivity index (χ4v) is 3.62. The molecule has 0 spiro atoms. The highest BCUT2D eigenvalue weighted by Crippen LogP contribution is 2.29. The van der Waals surface area contributed by atoms with E-state index in [0.29, 0.717) is 0 Å². The van der Waals surface area contributed by atoms with Crippen molar-refractivity contribution in [2.75, 3.05) is 21.1 Å². The Labute approximate surface area is 106 Å². The third kappa shape index (κ3) is 1.95. The minimum absolute atomic E-state index is 0.00978. The van der Waals surface area contributed by atoms with Crippen LogP contribution in [-0.2, 0) is 14.8 Å². The molecular formula is C10H16N3O4S+. The Morgan fingerprint density at radius 2 is 1.94 bits per heavy atom. The fraction of sp³-hybridized carbons (Fsp3) is 0.700. The largest absolute Gasteiger partial charge is 0.500 e. The first-order valence-corrected chi connectivity index (χ1v) is 7.13. The van der Waals surface area contributed by atoms with Crippen molar-refractivity contribution in [3.63, 3.8) is 0 Å². The van der Waals surface area contributed by atoms with Crippen LogP contribution in [0.2, 0.25) is 0 Å². The third-order valence-electron chi connectivity index (χ3n) is 3.31. The van der Waals surface area contributed by atoms with Crippen LogP contribution in [0.25, 0.3) is 0 Å². The molecule has 1 aliphatic carbocycles. The number of carbonyl (C=O) groups excluding carboxylic acids is 2. The van der Waals surface area contributed by atoms with Crippen LogP contribution < -0.4 is 0 Å². The van der Waals surface area contributed by atoms with Crippen molar-refractivity contribution in [1.82, 2.24) is 9.21 Å². The number of nitrogens with zero attached hydrogens (tertiary/aromatic N) is 3. The molecule has 1 heterocycles. The van der Waals surface area contributed by atoms with Crippen LogP contribution >= 0.6 is 0 Å². The molecule has 7 nitrogen and oxygen atoms in total. The first kappa shape index (κ1) is 13.2. The summed E-state index contributed by atoms with van der Waals surface area (Å²) in [5.74, 6) is -0.703. The third-order valence-corrected chi connectivity index (χ3v) is 5.37. The Kier molecular flexibility index (Phi) is 3.02. The second-order valence-electron chi connectivity index (χ2n) is 4.65. The van der Waals surface area contributed by atoms with Crippen LogP contribution in [0.5, 0.6) is 0 Å². The van der Waals surface area contributed by atoms with E-state index in [1.165, 1.54) is 31.7 Å². The summed E-state index contributed by atoms with van der Waals surface area (Å²) in [6.07, 6.45) is 2.81. The van der Waals surface area contributed by atoms with Crippen molar-refractivity contribution in [2.45, 2.75) is 24.1 Å². The number of amides is 3. The molecule has 0 bridgehead atoms. The smallest absolute Gasteiger partial charge is 0.245 e. The molecule has 8 heteroatoms. The van der Waals surface area contributed by atoms with Gasteiger partial charge in [-0.25, -0.2) is 22.1 Å². The van der Waals surface area contributed by atoms with Crippen molar-refractivity contribution in [2.24, 2.45) is 0 Å². The maximum Gasteiger partial charge on any atom is 0.500 e. The van der Waals surface area contributed by atoms with E-state index in [2.05, 4.69) is 0 Å². The van der Waals surface area contributed by atoms with E-state index in [0.717, 1.165) is 22.3 Å². The maximum absolute atomic E-state index is 12.3. The zero-order valence-corrected chi connectivity index (χ0v) is 11.3. The quantitative estimate of drug-likeness (QED) is 0.624. The lowest BCUT2D eigenvalue weighted by atomic mass is 10.3. The SMILES string of the molecule is CN1C(=O)C(S(=O)(=O)N(C)C2CC2)C=[N+](C)C1=O. The van der Waals surface area contributed by atoms with Crippen LogP contribution in [0, 0.1) is 0 Å². The van der Waals surface area contributed by atoms with Gasteiger partial charge >= 0.3 is 11.9 Å². The number of rotatable bonds is 3. The molecule has 0 radical (unpaired) electrons. The van der Waals surface area contributed by atoms with Gasteiger partial charge < -0.3 is 0 Å². The minimum atomic E-state index is -3.74. The Morgan fingerprint density at radius 3 is 2.44 bits per heavy atom. The standard InChI is InChI=1S/C10H16N3O4S/c1-11-6-8(9(14)12(2)10(11)15)18(16,17)13(3)7-4-5-7/h6-8H,4-5H2,1-3H3/q+1. The van der Waals surface area contributed by atoms with Crippen LogP contribution in [0.1, 0.15) is 12.8 Å². The van der Waals surface area contributed by atoms with Crippen LogP contribution in [0.4, 0.5) is 4.79 Å². The number of imide groups is 1. The Bertz CT molecular complexity index is 535. The summed E-state index contributed by atoms with van der Waals surface area (Å²) >= 11 is 0. The van der Waals surface area contributed by atoms with Gasteiger partial charge in [0.2, 0.25) is 15.3 Å². The summed E-state index contributed by atoms with van der Waals surface area (Å²) < 4.78 is 26.9. The molecule has 0 N–H and O–H groups in total. The van der Waals surface area contributed by atoms with Crippen LogP contribution in [0.3, 0.4) is 0 Å². The lowest BCUT2D eigenvalue weighted by Gasteiger charge is -2.24. The van der Waals surface area contributed by atoms with Gasteiger partial charge in [-0.05, 0) is 12.8 Å². The van der Waals surface area contributed by atoms with E-state index in [1.807, 2.05) is 0 Å². The van der Waals surface area contributed by atoms with E-state index in [4.69, 9.17) is 0 Å². The predicted octanol–water partition coefficient (Wildman–Crippen LogP) is -0.916. The Morgan fingerprint density at radius 1 is 1.39 bits per heavy atom. The van der Waals surface area contributed by atoms with Gasteiger partial charge in [-0.2, -0.15) is 9.69 Å². The average molecular weight is 274 g/mol. The van der Waals surface area contributed by atoms with E-state index >= 15 is 0 Å². The molecule has 1 saturated carbocycles. The Balaban J connectivity index is 2.38. The number of sulfonamides is 1. The summed E-state index contributed by atoms with van der Waals surface area (Å²) in [5.41, 5.74) is 0. The van der Waals surface area contributed by atoms with E-state index in [1.54, 1.807) is 0 Å². The highest BCUT2D eigenvalue weighted by molar-refractivity contribution is 7.91. The van der Waals surface area contributed by atoms with Crippen molar-refractivity contribution < 1.29 is 22.6 Å². The number of hydrogen-bond acceptors (Lipinski definition) is 4. The van der Waals surface area contributed by atoms with Gasteiger partial charge in [0, 0.05) is 13.1 Å². The summed E-state index contributed by atoms with van der Waals surface area (Å²) in [4.78, 5) is 24.3. The van der Waals surface area contributed by atoms with Crippen molar-refractivity contribution in [1.29, 1.82) is 0 Å². The molecule has 1 fully saturated rings. The molecule has 100 valence electrons. The first-order chi connectivity index (χ1) is 8.26. The predicted molar refractivity (Wildman–Crippen MR) is 63.9 cm³/mol. The molecule has 2 aliphatic rings. The lowest BCUT2D eigenvalue weighted by molar-refractivity contribution is -0.399. The number of urea groups is 1. The average Bonchev–Trinajstić information content (AvgIpc) is 3.13. The van der Waals surface area contributed by atoms with E-state index in [9.17, 15) is 18.0 Å². The molecule has 1 unspecified atom stereocenters. The molecule has 2 rings (SSSR count). The second-order valence-corrected chi connectivity index (χ2v) is 6.77. The van der Waals surface area contributed by atoms with Gasteiger partial charge in [0.15, 0.2) is 0 Å². The van der Waals surface area contributed by atoms with Gasteiger partial charge in [-0.15, -0.1) is 0 Å². The summed E-state index contributed by atoms with van der Waals surface area (Å²) in [5, 5.41) is -1.31. The number of hydrogen-bond donors (Lipinski definition) is 0. The molecule has 3 amide bonds. The van der Waals surface area contributed by atoms with Gasteiger partial charge in [0.25, 0.3) is 0 Å². The van der Waals surface area contributed by atoms with Crippen molar-refractivity contribution in [3.8, 4) is 0 Å². The molecule has 1 atom stereocenters. The van der Waals surface area contributed by atoms with E-state index < -0.39 is 27.2 Å². The van der Waals surface area contributed by atoms with Gasteiger partial charge in [0.1, 0.15) is 6.21 Å². The molecule has 18 heavy (non-hydrogen) atoms. The van der Waals surface area contributed by atoms with Crippen LogP contribution in [-0.4, -0.2) is 72.8 Å². The van der Waals surface area contributed by atoms with Gasteiger partial charge in [0.05, 0.1) is 14.1 Å². The zero-order chi connectivity index (χ0) is 13.7. The highest BCUT2D eigenvalue weighted by Gasteiger charge is 2.49. The van der Waals surface area contributed by atoms with E-state index in [-0.39, 0.29) is 6.04 Å². The molecule has 0 aromatic heterocycles. The minimum Gasteiger partial charge on any atom is -0.245 e. The summed E-state index contributed by atoms with van der Waals surface area (Å²) in [7, 11) is 0.453. The second kappa shape index (κ2) is 4.13. The molecule has 1 aliphatic heterocycles. The molecule has 0 aromatic rings. The van der Waals surface area contributed by atoms with Crippen LogP contribution in [0.15, 0.2) is 0 Å². The lowest BCUT2D eigenvalue weighted by Crippen LogP contribution is -2.56. The summed E-state index contributed by atoms with van der Waals surface area (Å²) in [6, 6.07) is -0.537. The zero-order valence-electron chi connectivity index (χ0n) is 10.5.